The molecule has 0 aromatic rings. The van der Waals surface area contributed by atoms with E-state index in [9.17, 15) is 4.39 Å². The van der Waals surface area contributed by atoms with Crippen molar-refractivity contribution in [1.29, 1.82) is 0 Å². The lowest BCUT2D eigenvalue weighted by Gasteiger charge is -2.31. The Morgan fingerprint density at radius 1 is 1.50 bits per heavy atom. The fourth-order valence-corrected chi connectivity index (χ4v) is 1.27. The highest BCUT2D eigenvalue weighted by molar-refractivity contribution is 4.81. The Bertz CT molecular complexity index is 109. The molecule has 3 heteroatoms. The molecule has 2 nitrogen and oxygen atoms in total. The molecule has 0 saturated carbocycles. The lowest BCUT2D eigenvalue weighted by Crippen LogP contribution is -2.48. The lowest BCUT2D eigenvalue weighted by molar-refractivity contribution is 0.124. The molecule has 0 radical (unpaired) electrons. The van der Waals surface area contributed by atoms with Crippen molar-refractivity contribution in [3.05, 3.63) is 0 Å². The van der Waals surface area contributed by atoms with E-state index in [1.165, 1.54) is 0 Å². The van der Waals surface area contributed by atoms with Crippen LogP contribution in [0.25, 0.3) is 0 Å². The Morgan fingerprint density at radius 2 is 2.08 bits per heavy atom. The Labute approximate surface area is 74.9 Å². The number of halogens is 1. The first-order valence-corrected chi connectivity index (χ1v) is 4.86. The van der Waals surface area contributed by atoms with E-state index in [0.717, 1.165) is 19.5 Å². The first-order valence-electron chi connectivity index (χ1n) is 4.86. The van der Waals surface area contributed by atoms with Crippen molar-refractivity contribution in [2.45, 2.75) is 39.4 Å². The molecule has 2 atom stereocenters. The highest BCUT2D eigenvalue weighted by Gasteiger charge is 2.24. The topological polar surface area (TPSA) is 29.3 Å². The van der Waals surface area contributed by atoms with Gasteiger partial charge in [0.15, 0.2) is 0 Å². The largest absolute Gasteiger partial charge is 0.325 e. The minimum atomic E-state index is -0.811. The maximum Gasteiger partial charge on any atom is 0.128 e. The average molecular weight is 176 g/mol. The summed E-state index contributed by atoms with van der Waals surface area (Å²) in [6.45, 7) is 8.46. The molecule has 0 aliphatic carbocycles. The van der Waals surface area contributed by atoms with Gasteiger partial charge in [0.05, 0.1) is 0 Å². The number of hydrogen-bond donors (Lipinski definition) is 1. The quantitative estimate of drug-likeness (QED) is 0.654. The molecule has 12 heavy (non-hydrogen) atoms. The summed E-state index contributed by atoms with van der Waals surface area (Å²) in [5.41, 5.74) is 5.49. The smallest absolute Gasteiger partial charge is 0.128 e. The molecule has 0 spiro atoms. The van der Waals surface area contributed by atoms with Gasteiger partial charge in [-0.1, -0.05) is 20.8 Å². The van der Waals surface area contributed by atoms with Gasteiger partial charge in [0, 0.05) is 12.6 Å². The van der Waals surface area contributed by atoms with Gasteiger partial charge in [0.2, 0.25) is 0 Å². The van der Waals surface area contributed by atoms with Crippen LogP contribution in [-0.2, 0) is 0 Å². The minimum absolute atomic E-state index is 0.220. The monoisotopic (exact) mass is 176 g/mol. The number of rotatable bonds is 1. The number of alkyl halides is 1. The van der Waals surface area contributed by atoms with Crippen LogP contribution in [0.2, 0.25) is 0 Å². The zero-order valence-electron chi connectivity index (χ0n) is 8.39. The van der Waals surface area contributed by atoms with Crippen LogP contribution in [0.15, 0.2) is 0 Å². The van der Waals surface area contributed by atoms with Crippen LogP contribution in [0.5, 0.6) is 0 Å². The predicted molar refractivity (Wildman–Crippen MR) is 51.0 cm³/mol. The summed E-state index contributed by atoms with van der Waals surface area (Å²) >= 11 is 0. The zero-order chi connectivity index (χ0) is 9.56. The Balaban J connectivity index is 0.000000561. The predicted octanol–water partition coefficient (Wildman–Crippen LogP) is 1.40. The van der Waals surface area contributed by atoms with E-state index in [0.29, 0.717) is 6.54 Å². The van der Waals surface area contributed by atoms with Crippen LogP contribution in [0, 0.1) is 0 Å². The number of likely N-dealkylation sites (tertiary alicyclic amines) is 1. The third kappa shape index (κ3) is 3.50. The van der Waals surface area contributed by atoms with E-state index < -0.39 is 6.17 Å². The molecule has 0 amide bonds. The molecule has 1 aliphatic heterocycles. The van der Waals surface area contributed by atoms with Crippen molar-refractivity contribution in [2.75, 3.05) is 19.6 Å². The Hall–Kier alpha value is -0.150. The minimum Gasteiger partial charge on any atom is -0.325 e. The lowest BCUT2D eigenvalue weighted by atomic mass is 10.0. The van der Waals surface area contributed by atoms with Crippen molar-refractivity contribution < 1.29 is 4.39 Å². The molecule has 2 unspecified atom stereocenters. The molecule has 1 heterocycles. The zero-order valence-corrected chi connectivity index (χ0v) is 8.39. The maximum atomic E-state index is 12.8. The second-order valence-electron chi connectivity index (χ2n) is 2.86. The molecule has 1 rings (SSSR count). The van der Waals surface area contributed by atoms with E-state index in [2.05, 4.69) is 4.90 Å². The van der Waals surface area contributed by atoms with Gasteiger partial charge < -0.3 is 10.6 Å². The van der Waals surface area contributed by atoms with Gasteiger partial charge >= 0.3 is 0 Å². The average Bonchev–Trinajstić information content (AvgIpc) is 2.13. The second-order valence-corrected chi connectivity index (χ2v) is 2.86. The summed E-state index contributed by atoms with van der Waals surface area (Å²) in [5.74, 6) is 0. The van der Waals surface area contributed by atoms with Gasteiger partial charge in [-0.15, -0.1) is 0 Å². The van der Waals surface area contributed by atoms with Crippen molar-refractivity contribution in [3.8, 4) is 0 Å². The number of piperidine rings is 1. The Morgan fingerprint density at radius 3 is 2.50 bits per heavy atom. The van der Waals surface area contributed by atoms with Crippen molar-refractivity contribution in [1.82, 2.24) is 4.90 Å². The van der Waals surface area contributed by atoms with Crippen molar-refractivity contribution in [2.24, 2.45) is 5.73 Å². The fraction of sp³-hybridized carbons (Fsp3) is 1.00. The first kappa shape index (κ1) is 11.8. The van der Waals surface area contributed by atoms with Crippen LogP contribution in [0.1, 0.15) is 27.2 Å². The Kier molecular flexibility index (Phi) is 6.30. The van der Waals surface area contributed by atoms with Crippen LogP contribution in [-0.4, -0.2) is 36.7 Å². The van der Waals surface area contributed by atoms with Crippen LogP contribution in [0.3, 0.4) is 0 Å². The summed E-state index contributed by atoms with van der Waals surface area (Å²) in [4.78, 5) is 2.09. The van der Waals surface area contributed by atoms with Gasteiger partial charge in [0.1, 0.15) is 6.17 Å². The molecule has 1 fully saturated rings. The second kappa shape index (κ2) is 6.38. The van der Waals surface area contributed by atoms with Gasteiger partial charge in [0.25, 0.3) is 0 Å². The summed E-state index contributed by atoms with van der Waals surface area (Å²) in [7, 11) is 0. The van der Waals surface area contributed by atoms with Gasteiger partial charge in [-0.2, -0.15) is 0 Å². The molecular weight excluding hydrogens is 155 g/mol. The molecule has 1 aliphatic rings. The van der Waals surface area contributed by atoms with Crippen LogP contribution in [0.4, 0.5) is 4.39 Å². The molecule has 0 aromatic carbocycles. The van der Waals surface area contributed by atoms with Gasteiger partial charge in [-0.3, -0.25) is 0 Å². The molecule has 74 valence electrons. The number of nitrogens with zero attached hydrogens (tertiary/aromatic N) is 1. The summed E-state index contributed by atoms with van der Waals surface area (Å²) < 4.78 is 12.8. The summed E-state index contributed by atoms with van der Waals surface area (Å²) in [6.07, 6.45) is -0.0108. The maximum absolute atomic E-state index is 12.8. The van der Waals surface area contributed by atoms with E-state index >= 15 is 0 Å². The third-order valence-electron chi connectivity index (χ3n) is 2.12. The summed E-state index contributed by atoms with van der Waals surface area (Å²) in [5, 5.41) is 0. The molecule has 1 saturated heterocycles. The van der Waals surface area contributed by atoms with Crippen molar-refractivity contribution >= 4 is 0 Å². The van der Waals surface area contributed by atoms with Crippen LogP contribution < -0.4 is 5.73 Å². The number of nitrogens with two attached hydrogens (primary N) is 1. The normalized spacial score (nSPS) is 30.8. The molecular formula is C9H21FN2. The standard InChI is InChI=1S/C7H15FN2.C2H6/c1-2-10-4-3-7(9)6(8)5-10;1-2/h6-7H,2-5,9H2,1H3;1-2H3. The van der Waals surface area contributed by atoms with E-state index in [-0.39, 0.29) is 6.04 Å². The molecule has 0 bridgehead atoms. The highest BCUT2D eigenvalue weighted by atomic mass is 19.1. The van der Waals surface area contributed by atoms with Gasteiger partial charge in [-0.05, 0) is 19.5 Å². The van der Waals surface area contributed by atoms with Crippen molar-refractivity contribution in [3.63, 3.8) is 0 Å². The third-order valence-corrected chi connectivity index (χ3v) is 2.12. The van der Waals surface area contributed by atoms with E-state index in [1.54, 1.807) is 0 Å². The highest BCUT2D eigenvalue weighted by Crippen LogP contribution is 2.11. The summed E-state index contributed by atoms with van der Waals surface area (Å²) in [6, 6.07) is -0.220. The SMILES string of the molecule is CC.CCN1CCC(N)C(F)C1. The molecule has 2 N–H and O–H groups in total. The van der Waals surface area contributed by atoms with Crippen LogP contribution >= 0.6 is 0 Å². The van der Waals surface area contributed by atoms with Gasteiger partial charge in [-0.25, -0.2) is 4.39 Å². The molecule has 0 aromatic heterocycles. The fourth-order valence-electron chi connectivity index (χ4n) is 1.27. The first-order chi connectivity index (χ1) is 5.74. The van der Waals surface area contributed by atoms with E-state index in [4.69, 9.17) is 5.73 Å². The number of hydrogen-bond acceptors (Lipinski definition) is 2. The van der Waals surface area contributed by atoms with E-state index in [1.807, 2.05) is 20.8 Å².